The standard InChI is InChI=1S/C29H43N5O5/c1-6-38-26(35)19-24(22-12-14-25(37-5)32-20-22)30-16-18-34(28(36)39-29(2,3)4)17-8-10-23-13-11-21-9-7-15-31-27(21)33-23/h11-14,20,24,30H,6-10,15-19H2,1-5H3,(H,31,33)/t24-/m0/s1. The van der Waals surface area contributed by atoms with Crippen LogP contribution in [0.5, 0.6) is 5.88 Å². The Morgan fingerprint density at radius 2 is 2.00 bits per heavy atom. The smallest absolute Gasteiger partial charge is 0.410 e. The Morgan fingerprint density at radius 1 is 1.18 bits per heavy atom. The highest BCUT2D eigenvalue weighted by molar-refractivity contribution is 5.70. The second-order valence-electron chi connectivity index (χ2n) is 10.6. The summed E-state index contributed by atoms with van der Waals surface area (Å²) in [5.41, 5.74) is 2.50. The van der Waals surface area contributed by atoms with Crippen molar-refractivity contribution in [1.82, 2.24) is 20.2 Å². The number of carbonyl (C=O) groups excluding carboxylic acids is 2. The van der Waals surface area contributed by atoms with Gasteiger partial charge >= 0.3 is 12.1 Å². The average Bonchev–Trinajstić information content (AvgIpc) is 2.90. The summed E-state index contributed by atoms with van der Waals surface area (Å²) in [4.78, 5) is 36.1. The van der Waals surface area contributed by atoms with Gasteiger partial charge in [0.2, 0.25) is 5.88 Å². The molecule has 3 rings (SSSR count). The highest BCUT2D eigenvalue weighted by Crippen LogP contribution is 2.21. The average molecular weight is 542 g/mol. The van der Waals surface area contributed by atoms with E-state index in [1.54, 1.807) is 31.2 Å². The van der Waals surface area contributed by atoms with Gasteiger partial charge in [-0.05, 0) is 70.6 Å². The van der Waals surface area contributed by atoms with E-state index >= 15 is 0 Å². The van der Waals surface area contributed by atoms with Crippen LogP contribution in [0.15, 0.2) is 30.5 Å². The molecule has 0 spiro atoms. The molecule has 1 aliphatic rings. The molecule has 0 unspecified atom stereocenters. The van der Waals surface area contributed by atoms with Gasteiger partial charge in [0.1, 0.15) is 11.4 Å². The van der Waals surface area contributed by atoms with Gasteiger partial charge in [0, 0.05) is 50.2 Å². The van der Waals surface area contributed by atoms with E-state index in [1.165, 1.54) is 5.56 Å². The quantitative estimate of drug-likeness (QED) is 0.358. The van der Waals surface area contributed by atoms with Crippen molar-refractivity contribution in [3.8, 4) is 5.88 Å². The van der Waals surface area contributed by atoms with E-state index in [2.05, 4.69) is 27.8 Å². The topological polar surface area (TPSA) is 115 Å². The van der Waals surface area contributed by atoms with Crippen LogP contribution in [-0.2, 0) is 27.1 Å². The highest BCUT2D eigenvalue weighted by atomic mass is 16.6. The highest BCUT2D eigenvalue weighted by Gasteiger charge is 2.23. The van der Waals surface area contributed by atoms with Crippen LogP contribution in [0.4, 0.5) is 10.6 Å². The Kier molecular flexibility index (Phi) is 11.3. The summed E-state index contributed by atoms with van der Waals surface area (Å²) < 4.78 is 16.0. The van der Waals surface area contributed by atoms with Crippen molar-refractivity contribution < 1.29 is 23.8 Å². The molecule has 0 fully saturated rings. The molecule has 0 aliphatic carbocycles. The van der Waals surface area contributed by atoms with E-state index in [1.807, 2.05) is 26.8 Å². The lowest BCUT2D eigenvalue weighted by Crippen LogP contribution is -2.42. The summed E-state index contributed by atoms with van der Waals surface area (Å²) in [5.74, 6) is 1.17. The first-order chi connectivity index (χ1) is 18.7. The Balaban J connectivity index is 1.62. The zero-order valence-electron chi connectivity index (χ0n) is 23.9. The molecule has 39 heavy (non-hydrogen) atoms. The monoisotopic (exact) mass is 541 g/mol. The number of aryl methyl sites for hydroxylation is 2. The first kappa shape index (κ1) is 30.1. The minimum Gasteiger partial charge on any atom is -0.481 e. The van der Waals surface area contributed by atoms with Crippen LogP contribution >= 0.6 is 0 Å². The predicted octanol–water partition coefficient (Wildman–Crippen LogP) is 4.30. The number of nitrogens with one attached hydrogen (secondary N) is 2. The Hall–Kier alpha value is -3.40. The van der Waals surface area contributed by atoms with Gasteiger partial charge in [0.05, 0.1) is 20.1 Å². The third kappa shape index (κ3) is 10.0. The number of hydrogen-bond acceptors (Lipinski definition) is 9. The zero-order chi connectivity index (χ0) is 28.3. The number of nitrogens with zero attached hydrogens (tertiary/aromatic N) is 3. The third-order valence-corrected chi connectivity index (χ3v) is 6.28. The Morgan fingerprint density at radius 3 is 2.69 bits per heavy atom. The summed E-state index contributed by atoms with van der Waals surface area (Å²) in [6, 6.07) is 7.53. The van der Waals surface area contributed by atoms with E-state index < -0.39 is 5.60 Å². The molecule has 10 heteroatoms. The zero-order valence-corrected chi connectivity index (χ0v) is 23.9. The third-order valence-electron chi connectivity index (χ3n) is 6.28. The van der Waals surface area contributed by atoms with E-state index in [0.717, 1.165) is 49.3 Å². The van der Waals surface area contributed by atoms with Crippen LogP contribution in [0.1, 0.15) is 69.8 Å². The molecule has 214 valence electrons. The van der Waals surface area contributed by atoms with Crippen molar-refractivity contribution in [2.45, 2.75) is 71.4 Å². The van der Waals surface area contributed by atoms with Crippen LogP contribution in [0.2, 0.25) is 0 Å². The lowest BCUT2D eigenvalue weighted by atomic mass is 10.1. The first-order valence-electron chi connectivity index (χ1n) is 13.8. The van der Waals surface area contributed by atoms with Gasteiger partial charge in [0.15, 0.2) is 0 Å². The second-order valence-corrected chi connectivity index (χ2v) is 10.6. The van der Waals surface area contributed by atoms with Crippen molar-refractivity contribution in [1.29, 1.82) is 0 Å². The number of ether oxygens (including phenoxy) is 3. The number of pyridine rings is 2. The number of amides is 1. The molecule has 10 nitrogen and oxygen atoms in total. The Labute approximate surface area is 231 Å². The van der Waals surface area contributed by atoms with E-state index in [9.17, 15) is 9.59 Å². The molecule has 0 saturated heterocycles. The first-order valence-corrected chi connectivity index (χ1v) is 13.8. The lowest BCUT2D eigenvalue weighted by molar-refractivity contribution is -0.143. The summed E-state index contributed by atoms with van der Waals surface area (Å²) in [6.45, 7) is 10.0. The van der Waals surface area contributed by atoms with Crippen molar-refractivity contribution >= 4 is 17.9 Å². The van der Waals surface area contributed by atoms with Gasteiger partial charge in [-0.15, -0.1) is 0 Å². The van der Waals surface area contributed by atoms with Gasteiger partial charge < -0.3 is 29.7 Å². The molecule has 1 atom stereocenters. The number of anilines is 1. The molecule has 2 N–H and O–H groups in total. The van der Waals surface area contributed by atoms with Crippen LogP contribution in [0.3, 0.4) is 0 Å². The number of rotatable bonds is 13. The summed E-state index contributed by atoms with van der Waals surface area (Å²) in [7, 11) is 1.56. The van der Waals surface area contributed by atoms with Gasteiger partial charge in [-0.25, -0.2) is 14.8 Å². The number of hydrogen-bond donors (Lipinski definition) is 2. The Bertz CT molecular complexity index is 1070. The molecule has 2 aromatic rings. The lowest BCUT2D eigenvalue weighted by Gasteiger charge is -2.28. The fourth-order valence-electron chi connectivity index (χ4n) is 4.37. The maximum absolute atomic E-state index is 13.0. The molecule has 1 aliphatic heterocycles. The van der Waals surface area contributed by atoms with E-state index in [4.69, 9.17) is 19.2 Å². The second kappa shape index (κ2) is 14.7. The molecule has 0 radical (unpaired) electrons. The predicted molar refractivity (Wildman–Crippen MR) is 150 cm³/mol. The number of carbonyl (C=O) groups is 2. The molecule has 0 aromatic carbocycles. The van der Waals surface area contributed by atoms with Crippen LogP contribution in [0, 0.1) is 0 Å². The van der Waals surface area contributed by atoms with Crippen molar-refractivity contribution in [2.75, 3.05) is 45.2 Å². The molecular weight excluding hydrogens is 498 g/mol. The molecule has 2 aromatic heterocycles. The number of aromatic nitrogens is 2. The summed E-state index contributed by atoms with van der Waals surface area (Å²) in [6.07, 6.45) is 5.15. The van der Waals surface area contributed by atoms with Gasteiger partial charge in [-0.2, -0.15) is 0 Å². The normalized spacial score (nSPS) is 13.6. The van der Waals surface area contributed by atoms with E-state index in [0.29, 0.717) is 32.1 Å². The van der Waals surface area contributed by atoms with Gasteiger partial charge in [0.25, 0.3) is 0 Å². The summed E-state index contributed by atoms with van der Waals surface area (Å²) >= 11 is 0. The van der Waals surface area contributed by atoms with Crippen molar-refractivity contribution in [3.63, 3.8) is 0 Å². The largest absolute Gasteiger partial charge is 0.481 e. The van der Waals surface area contributed by atoms with Gasteiger partial charge in [-0.3, -0.25) is 4.79 Å². The van der Waals surface area contributed by atoms with Crippen LogP contribution in [0.25, 0.3) is 0 Å². The fraction of sp³-hybridized carbons (Fsp3) is 0.586. The molecule has 1 amide bonds. The molecule has 3 heterocycles. The van der Waals surface area contributed by atoms with Crippen molar-refractivity contribution in [2.24, 2.45) is 0 Å². The SMILES string of the molecule is CCOC(=O)C[C@H](NCCN(CCCc1ccc2c(n1)NCCC2)C(=O)OC(C)(C)C)c1ccc(OC)nc1. The van der Waals surface area contributed by atoms with Crippen LogP contribution in [-0.4, -0.2) is 72.4 Å². The summed E-state index contributed by atoms with van der Waals surface area (Å²) in [5, 5.41) is 6.78. The minimum absolute atomic E-state index is 0.145. The van der Waals surface area contributed by atoms with Crippen molar-refractivity contribution in [3.05, 3.63) is 47.3 Å². The molecular formula is C29H43N5O5. The number of fused-ring (bicyclic) bond motifs is 1. The van der Waals surface area contributed by atoms with Gasteiger partial charge in [-0.1, -0.05) is 12.1 Å². The van der Waals surface area contributed by atoms with Crippen LogP contribution < -0.4 is 15.4 Å². The minimum atomic E-state index is -0.601. The number of methoxy groups -OCH3 is 1. The fourth-order valence-corrected chi connectivity index (χ4v) is 4.37. The van der Waals surface area contributed by atoms with E-state index in [-0.39, 0.29) is 24.5 Å². The molecule has 0 saturated carbocycles. The number of esters is 1. The maximum Gasteiger partial charge on any atom is 0.410 e. The molecule has 0 bridgehead atoms. The maximum atomic E-state index is 13.0.